The Labute approximate surface area is 219 Å². The van der Waals surface area contributed by atoms with E-state index in [0.29, 0.717) is 57.1 Å². The number of phenolic OH excluding ortho intramolecular Hbond substituents is 1. The molecule has 194 valence electrons. The summed E-state index contributed by atoms with van der Waals surface area (Å²) in [6.45, 7) is 1.81. The van der Waals surface area contributed by atoms with Crippen molar-refractivity contribution in [2.24, 2.45) is 0 Å². The molecule has 0 fully saturated rings. The molecule has 1 aliphatic heterocycles. The van der Waals surface area contributed by atoms with Gasteiger partial charge in [0.25, 0.3) is 5.91 Å². The number of allylic oxidation sites excluding steroid dienone is 1. The minimum Gasteiger partial charge on any atom is -0.508 e. The van der Waals surface area contributed by atoms with Gasteiger partial charge in [-0.1, -0.05) is 24.3 Å². The molecule has 3 N–H and O–H groups in total. The van der Waals surface area contributed by atoms with Crippen LogP contribution in [0.4, 0.5) is 11.6 Å². The molecule has 4 aromatic rings. The van der Waals surface area contributed by atoms with Gasteiger partial charge in [-0.3, -0.25) is 4.79 Å². The van der Waals surface area contributed by atoms with Gasteiger partial charge in [-0.15, -0.1) is 5.10 Å². The number of hydrogen-bond acceptors (Lipinski definition) is 8. The van der Waals surface area contributed by atoms with E-state index in [2.05, 4.69) is 15.6 Å². The number of methoxy groups -OCH3 is 3. The van der Waals surface area contributed by atoms with E-state index in [9.17, 15) is 9.90 Å². The molecule has 1 unspecified atom stereocenters. The maximum Gasteiger partial charge on any atom is 0.255 e. The van der Waals surface area contributed by atoms with Crippen LogP contribution >= 0.6 is 0 Å². The molecule has 5 rings (SSSR count). The average molecular weight is 514 g/mol. The predicted molar refractivity (Wildman–Crippen MR) is 143 cm³/mol. The highest BCUT2D eigenvalue weighted by atomic mass is 16.5. The second-order valence-corrected chi connectivity index (χ2v) is 8.55. The molecule has 1 aromatic heterocycles. The van der Waals surface area contributed by atoms with Crippen LogP contribution in [0.25, 0.3) is 11.4 Å². The Kier molecular flexibility index (Phi) is 6.61. The molecule has 2 heterocycles. The van der Waals surface area contributed by atoms with Gasteiger partial charge in [-0.25, -0.2) is 4.68 Å². The fourth-order valence-electron chi connectivity index (χ4n) is 4.53. The molecule has 0 aliphatic carbocycles. The summed E-state index contributed by atoms with van der Waals surface area (Å²) in [6, 6.07) is 18.6. The van der Waals surface area contributed by atoms with E-state index in [-0.39, 0.29) is 11.7 Å². The van der Waals surface area contributed by atoms with Gasteiger partial charge in [0.05, 0.1) is 32.6 Å². The monoisotopic (exact) mass is 513 g/mol. The summed E-state index contributed by atoms with van der Waals surface area (Å²) in [5.41, 5.74) is 2.93. The molecule has 10 nitrogen and oxygen atoms in total. The number of phenols is 1. The van der Waals surface area contributed by atoms with Crippen molar-refractivity contribution in [1.82, 2.24) is 14.8 Å². The topological polar surface area (TPSA) is 120 Å². The highest BCUT2D eigenvalue weighted by Gasteiger charge is 2.37. The molecule has 1 aliphatic rings. The number of fused-ring (bicyclic) bond motifs is 1. The van der Waals surface area contributed by atoms with Crippen molar-refractivity contribution >= 4 is 17.5 Å². The van der Waals surface area contributed by atoms with E-state index in [4.69, 9.17) is 19.3 Å². The van der Waals surface area contributed by atoms with Crippen LogP contribution in [-0.2, 0) is 4.79 Å². The van der Waals surface area contributed by atoms with Gasteiger partial charge in [0.15, 0.2) is 17.3 Å². The number of carbonyl (C=O) groups excluding carboxylic acids is 1. The SMILES string of the molecule is COc1ccccc1NC(=O)C1=C(C)Nc2nc(-c3ccc(O)cc3)nn2C1c1cccc(OC)c1OC. The maximum atomic E-state index is 13.9. The Bertz CT molecular complexity index is 1530. The lowest BCUT2D eigenvalue weighted by Gasteiger charge is -2.30. The summed E-state index contributed by atoms with van der Waals surface area (Å²) in [7, 11) is 4.66. The van der Waals surface area contributed by atoms with Gasteiger partial charge in [0, 0.05) is 16.8 Å². The van der Waals surface area contributed by atoms with Crippen LogP contribution in [0, 0.1) is 0 Å². The lowest BCUT2D eigenvalue weighted by Crippen LogP contribution is -2.32. The zero-order valence-corrected chi connectivity index (χ0v) is 21.4. The number of para-hydroxylation sites is 3. The normalized spacial score (nSPS) is 14.4. The van der Waals surface area contributed by atoms with Crippen LogP contribution in [0.15, 0.2) is 78.0 Å². The van der Waals surface area contributed by atoms with Crippen molar-refractivity contribution in [2.75, 3.05) is 32.0 Å². The highest BCUT2D eigenvalue weighted by molar-refractivity contribution is 6.06. The second kappa shape index (κ2) is 10.2. The summed E-state index contributed by atoms with van der Waals surface area (Å²) in [5, 5.41) is 20.7. The van der Waals surface area contributed by atoms with Crippen LogP contribution in [0.1, 0.15) is 18.5 Å². The largest absolute Gasteiger partial charge is 0.508 e. The number of nitrogens with zero attached hydrogens (tertiary/aromatic N) is 3. The van der Waals surface area contributed by atoms with Gasteiger partial charge in [0.2, 0.25) is 5.95 Å². The highest BCUT2D eigenvalue weighted by Crippen LogP contribution is 2.43. The van der Waals surface area contributed by atoms with Gasteiger partial charge >= 0.3 is 0 Å². The molecule has 0 saturated carbocycles. The standard InChI is InChI=1S/C28H27N5O5/c1-16-23(27(35)30-20-9-5-6-10-21(20)36-2)24(19-8-7-11-22(37-3)25(19)38-4)33-28(29-16)31-26(32-33)17-12-14-18(34)15-13-17/h5-15,24,34H,1-4H3,(H,30,35)(H,29,31,32). The Morgan fingerprint density at radius 3 is 2.37 bits per heavy atom. The van der Waals surface area contributed by atoms with Crippen molar-refractivity contribution in [1.29, 1.82) is 0 Å². The number of hydrogen-bond donors (Lipinski definition) is 3. The number of rotatable bonds is 7. The van der Waals surface area contributed by atoms with Crippen molar-refractivity contribution in [3.8, 4) is 34.4 Å². The Morgan fingerprint density at radius 1 is 0.947 bits per heavy atom. The van der Waals surface area contributed by atoms with Crippen LogP contribution in [0.3, 0.4) is 0 Å². The lowest BCUT2D eigenvalue weighted by molar-refractivity contribution is -0.113. The third-order valence-electron chi connectivity index (χ3n) is 6.31. The van der Waals surface area contributed by atoms with E-state index in [1.807, 2.05) is 31.2 Å². The van der Waals surface area contributed by atoms with E-state index in [1.165, 1.54) is 0 Å². The molecule has 0 spiro atoms. The zero-order chi connectivity index (χ0) is 26.8. The quantitative estimate of drug-likeness (QED) is 0.328. The number of aromatic hydroxyl groups is 1. The molecular weight excluding hydrogens is 486 g/mol. The number of carbonyl (C=O) groups is 1. The van der Waals surface area contributed by atoms with Gasteiger partial charge in [-0.05, 0) is 49.4 Å². The summed E-state index contributed by atoms with van der Waals surface area (Å²) < 4.78 is 18.4. The first kappa shape index (κ1) is 24.7. The van der Waals surface area contributed by atoms with Crippen LogP contribution in [-0.4, -0.2) is 47.1 Å². The summed E-state index contributed by atoms with van der Waals surface area (Å²) in [4.78, 5) is 18.6. The van der Waals surface area contributed by atoms with E-state index in [0.717, 1.165) is 0 Å². The number of nitrogens with one attached hydrogen (secondary N) is 2. The molecule has 0 saturated heterocycles. The Balaban J connectivity index is 1.66. The first-order valence-corrected chi connectivity index (χ1v) is 11.8. The summed E-state index contributed by atoms with van der Waals surface area (Å²) in [5.74, 6) is 2.21. The number of aromatic nitrogens is 3. The number of benzene rings is 3. The Hall–Kier alpha value is -4.99. The van der Waals surface area contributed by atoms with Crippen molar-refractivity contribution in [3.63, 3.8) is 0 Å². The minimum absolute atomic E-state index is 0.141. The van der Waals surface area contributed by atoms with Gasteiger partial charge in [0.1, 0.15) is 17.5 Å². The lowest BCUT2D eigenvalue weighted by atomic mass is 9.94. The summed E-state index contributed by atoms with van der Waals surface area (Å²) in [6.07, 6.45) is 0. The number of ether oxygens (including phenoxy) is 3. The molecule has 0 bridgehead atoms. The van der Waals surface area contributed by atoms with Crippen molar-refractivity contribution < 1.29 is 24.1 Å². The first-order valence-electron chi connectivity index (χ1n) is 11.8. The zero-order valence-electron chi connectivity index (χ0n) is 21.4. The predicted octanol–water partition coefficient (Wildman–Crippen LogP) is 4.60. The van der Waals surface area contributed by atoms with Gasteiger partial charge < -0.3 is 30.0 Å². The summed E-state index contributed by atoms with van der Waals surface area (Å²) >= 11 is 0. The molecule has 0 radical (unpaired) electrons. The third-order valence-corrected chi connectivity index (χ3v) is 6.31. The molecule has 1 atom stereocenters. The average Bonchev–Trinajstić information content (AvgIpc) is 3.35. The smallest absolute Gasteiger partial charge is 0.255 e. The van der Waals surface area contributed by atoms with Gasteiger partial charge in [-0.2, -0.15) is 4.98 Å². The van der Waals surface area contributed by atoms with Crippen molar-refractivity contribution in [2.45, 2.75) is 13.0 Å². The minimum atomic E-state index is -0.704. The van der Waals surface area contributed by atoms with E-state index in [1.54, 1.807) is 68.5 Å². The van der Waals surface area contributed by atoms with E-state index >= 15 is 0 Å². The van der Waals surface area contributed by atoms with Crippen molar-refractivity contribution in [3.05, 3.63) is 83.6 Å². The van der Waals surface area contributed by atoms with E-state index < -0.39 is 6.04 Å². The first-order chi connectivity index (χ1) is 18.4. The second-order valence-electron chi connectivity index (χ2n) is 8.55. The fraction of sp³-hybridized carbons (Fsp3) is 0.179. The molecule has 10 heteroatoms. The van der Waals surface area contributed by atoms with Crippen LogP contribution in [0.2, 0.25) is 0 Å². The Morgan fingerprint density at radius 2 is 1.66 bits per heavy atom. The molecule has 1 amide bonds. The molecule has 38 heavy (non-hydrogen) atoms. The molecule has 3 aromatic carbocycles. The fourth-order valence-corrected chi connectivity index (χ4v) is 4.53. The van der Waals surface area contributed by atoms with Crippen LogP contribution in [0.5, 0.6) is 23.0 Å². The maximum absolute atomic E-state index is 13.9. The molecular formula is C28H27N5O5. The van der Waals surface area contributed by atoms with Crippen LogP contribution < -0.4 is 24.8 Å². The number of amides is 1. The number of anilines is 2. The third kappa shape index (κ3) is 4.36.